The predicted octanol–water partition coefficient (Wildman–Crippen LogP) is 4.17. The van der Waals surface area contributed by atoms with Crippen molar-refractivity contribution in [3.8, 4) is 5.75 Å². The molecule has 2 N–H and O–H groups in total. The van der Waals surface area contributed by atoms with Crippen LogP contribution >= 0.6 is 11.3 Å². The van der Waals surface area contributed by atoms with E-state index in [4.69, 9.17) is 4.74 Å². The molecule has 4 nitrogen and oxygen atoms in total. The van der Waals surface area contributed by atoms with E-state index in [2.05, 4.69) is 27.9 Å². The first-order valence-electron chi connectivity index (χ1n) is 7.37. The Kier molecular flexibility index (Phi) is 6.02. The molecule has 0 amide bonds. The van der Waals surface area contributed by atoms with Crippen LogP contribution in [0.5, 0.6) is 5.75 Å². The van der Waals surface area contributed by atoms with E-state index >= 15 is 0 Å². The second kappa shape index (κ2) is 8.00. The summed E-state index contributed by atoms with van der Waals surface area (Å²) in [5.41, 5.74) is 2.02. The van der Waals surface area contributed by atoms with Crippen molar-refractivity contribution in [2.45, 2.75) is 39.8 Å². The van der Waals surface area contributed by atoms with Crippen LogP contribution in [-0.2, 0) is 6.54 Å². The van der Waals surface area contributed by atoms with Crippen LogP contribution in [0.3, 0.4) is 0 Å². The van der Waals surface area contributed by atoms with Crippen molar-refractivity contribution in [2.24, 2.45) is 0 Å². The molecule has 0 aliphatic heterocycles. The van der Waals surface area contributed by atoms with Gasteiger partial charge in [0, 0.05) is 11.9 Å². The quantitative estimate of drug-likeness (QED) is 0.718. The minimum atomic E-state index is 0.151. The van der Waals surface area contributed by atoms with Gasteiger partial charge in [-0.05, 0) is 38.9 Å². The number of nitrogens with zero attached hydrogens (tertiary/aromatic N) is 1. The van der Waals surface area contributed by atoms with Crippen molar-refractivity contribution in [2.75, 3.05) is 11.9 Å². The maximum atomic E-state index is 5.81. The normalized spacial score (nSPS) is 10.9. The number of rotatable bonds is 8. The summed E-state index contributed by atoms with van der Waals surface area (Å²) in [6.07, 6.45) is 1.29. The second-order valence-corrected chi connectivity index (χ2v) is 5.97. The zero-order chi connectivity index (χ0) is 15.1. The Morgan fingerprint density at radius 1 is 1.29 bits per heavy atom. The molecule has 0 fully saturated rings. The van der Waals surface area contributed by atoms with Crippen LogP contribution in [0.1, 0.15) is 32.9 Å². The number of ether oxygens (including phenoxy) is 1. The minimum absolute atomic E-state index is 0.151. The number of para-hydroxylation sites is 2. The number of thiazole rings is 1. The summed E-state index contributed by atoms with van der Waals surface area (Å²) in [4.78, 5) is 4.59. The fourth-order valence-corrected chi connectivity index (χ4v) is 2.60. The number of aromatic nitrogens is 1. The molecule has 1 aromatic carbocycles. The van der Waals surface area contributed by atoms with Gasteiger partial charge in [-0.2, -0.15) is 0 Å². The van der Waals surface area contributed by atoms with Crippen molar-refractivity contribution in [1.82, 2.24) is 10.3 Å². The average Bonchev–Trinajstić information content (AvgIpc) is 2.88. The highest BCUT2D eigenvalue weighted by Crippen LogP contribution is 2.29. The molecule has 2 rings (SSSR count). The summed E-state index contributed by atoms with van der Waals surface area (Å²) in [6.45, 7) is 8.05. The Morgan fingerprint density at radius 3 is 2.86 bits per heavy atom. The van der Waals surface area contributed by atoms with Gasteiger partial charge in [0.05, 0.1) is 17.5 Å². The van der Waals surface area contributed by atoms with Crippen LogP contribution in [0.25, 0.3) is 0 Å². The third-order valence-corrected chi connectivity index (χ3v) is 3.58. The lowest BCUT2D eigenvalue weighted by Crippen LogP contribution is -2.13. The third-order valence-electron chi connectivity index (χ3n) is 2.78. The van der Waals surface area contributed by atoms with Crippen molar-refractivity contribution >= 4 is 22.2 Å². The second-order valence-electron chi connectivity index (χ2n) is 5.11. The molecular weight excluding hydrogens is 282 g/mol. The highest BCUT2D eigenvalue weighted by atomic mass is 32.1. The van der Waals surface area contributed by atoms with Crippen molar-refractivity contribution in [1.29, 1.82) is 0 Å². The smallest absolute Gasteiger partial charge is 0.187 e. The Labute approximate surface area is 130 Å². The van der Waals surface area contributed by atoms with E-state index in [1.807, 2.05) is 38.1 Å². The summed E-state index contributed by atoms with van der Waals surface area (Å²) >= 11 is 1.61. The summed E-state index contributed by atoms with van der Waals surface area (Å²) in [5, 5.41) is 9.67. The molecule has 1 heterocycles. The van der Waals surface area contributed by atoms with Crippen molar-refractivity contribution in [3.05, 3.63) is 35.3 Å². The lowest BCUT2D eigenvalue weighted by atomic mass is 10.3. The molecule has 0 aliphatic carbocycles. The number of nitrogens with one attached hydrogen (secondary N) is 2. The molecule has 21 heavy (non-hydrogen) atoms. The molecule has 0 radical (unpaired) electrons. The van der Waals surface area contributed by atoms with E-state index < -0.39 is 0 Å². The standard InChI is InChI=1S/C16H23N3OS/c1-4-9-17-10-13-11-21-16(18-13)19-14-7-5-6-8-15(14)20-12(2)3/h5-8,11-12,17H,4,9-10H2,1-3H3,(H,18,19). The van der Waals surface area contributed by atoms with Crippen LogP contribution in [-0.4, -0.2) is 17.6 Å². The molecule has 0 aliphatic rings. The summed E-state index contributed by atoms with van der Waals surface area (Å²) in [5.74, 6) is 0.855. The number of hydrogen-bond acceptors (Lipinski definition) is 5. The van der Waals surface area contributed by atoms with Crippen molar-refractivity contribution in [3.63, 3.8) is 0 Å². The van der Waals surface area contributed by atoms with E-state index in [9.17, 15) is 0 Å². The molecule has 0 bridgehead atoms. The SMILES string of the molecule is CCCNCc1csc(Nc2ccccc2OC(C)C)n1. The number of anilines is 2. The Bertz CT molecular complexity index is 554. The third kappa shape index (κ3) is 5.02. The van der Waals surface area contributed by atoms with Crippen LogP contribution in [0, 0.1) is 0 Å². The molecule has 0 spiro atoms. The molecule has 1 aromatic heterocycles. The maximum absolute atomic E-state index is 5.81. The van der Waals surface area contributed by atoms with E-state index in [1.54, 1.807) is 11.3 Å². The number of benzene rings is 1. The molecule has 0 atom stereocenters. The number of hydrogen-bond donors (Lipinski definition) is 2. The van der Waals surface area contributed by atoms with E-state index in [0.717, 1.165) is 41.8 Å². The van der Waals surface area contributed by atoms with Gasteiger partial charge < -0.3 is 15.4 Å². The monoisotopic (exact) mass is 305 g/mol. The topological polar surface area (TPSA) is 46.2 Å². The first-order valence-corrected chi connectivity index (χ1v) is 8.25. The lowest BCUT2D eigenvalue weighted by molar-refractivity contribution is 0.244. The Balaban J connectivity index is 2.01. The van der Waals surface area contributed by atoms with Crippen LogP contribution < -0.4 is 15.4 Å². The first-order chi connectivity index (χ1) is 10.2. The van der Waals surface area contributed by atoms with Gasteiger partial charge in [-0.15, -0.1) is 11.3 Å². The zero-order valence-electron chi connectivity index (χ0n) is 12.8. The maximum Gasteiger partial charge on any atom is 0.187 e. The van der Waals surface area contributed by atoms with Gasteiger partial charge in [-0.25, -0.2) is 4.98 Å². The van der Waals surface area contributed by atoms with Gasteiger partial charge in [0.2, 0.25) is 0 Å². The first kappa shape index (κ1) is 15.8. The average molecular weight is 305 g/mol. The summed E-state index contributed by atoms with van der Waals surface area (Å²) < 4.78 is 5.81. The van der Waals surface area contributed by atoms with Crippen LogP contribution in [0.2, 0.25) is 0 Å². The van der Waals surface area contributed by atoms with Gasteiger partial charge in [0.15, 0.2) is 5.13 Å². The molecule has 0 unspecified atom stereocenters. The zero-order valence-corrected chi connectivity index (χ0v) is 13.7. The molecule has 0 saturated carbocycles. The van der Waals surface area contributed by atoms with Gasteiger partial charge >= 0.3 is 0 Å². The van der Waals surface area contributed by atoms with Crippen LogP contribution in [0.15, 0.2) is 29.6 Å². The van der Waals surface area contributed by atoms with Gasteiger partial charge in [0.1, 0.15) is 5.75 Å². The van der Waals surface area contributed by atoms with Gasteiger partial charge in [0.25, 0.3) is 0 Å². The van der Waals surface area contributed by atoms with E-state index in [1.165, 1.54) is 0 Å². The van der Waals surface area contributed by atoms with Gasteiger partial charge in [-0.3, -0.25) is 0 Å². The Hall–Kier alpha value is -1.59. The fraction of sp³-hybridized carbons (Fsp3) is 0.438. The highest BCUT2D eigenvalue weighted by molar-refractivity contribution is 7.13. The van der Waals surface area contributed by atoms with E-state index in [0.29, 0.717) is 0 Å². The van der Waals surface area contributed by atoms with Gasteiger partial charge in [-0.1, -0.05) is 19.1 Å². The molecule has 0 saturated heterocycles. The molecule has 2 aromatic rings. The lowest BCUT2D eigenvalue weighted by Gasteiger charge is -2.14. The highest BCUT2D eigenvalue weighted by Gasteiger charge is 2.07. The fourth-order valence-electron chi connectivity index (χ4n) is 1.88. The summed E-state index contributed by atoms with van der Waals surface area (Å²) in [6, 6.07) is 7.95. The van der Waals surface area contributed by atoms with Crippen molar-refractivity contribution < 1.29 is 4.74 Å². The van der Waals surface area contributed by atoms with E-state index in [-0.39, 0.29) is 6.10 Å². The Morgan fingerprint density at radius 2 is 2.10 bits per heavy atom. The molecular formula is C16H23N3OS. The molecule has 114 valence electrons. The largest absolute Gasteiger partial charge is 0.489 e. The molecule has 5 heteroatoms. The summed E-state index contributed by atoms with van der Waals surface area (Å²) in [7, 11) is 0. The van der Waals surface area contributed by atoms with Crippen LogP contribution in [0.4, 0.5) is 10.8 Å². The predicted molar refractivity (Wildman–Crippen MR) is 89.6 cm³/mol. The minimum Gasteiger partial charge on any atom is -0.489 e.